The Hall–Kier alpha value is -1.86. The zero-order valence-corrected chi connectivity index (χ0v) is 11.3. The minimum absolute atomic E-state index is 0.0998. The first kappa shape index (κ1) is 13.6. The monoisotopic (exact) mass is 281 g/mol. The lowest BCUT2D eigenvalue weighted by molar-refractivity contribution is 0.405. The zero-order chi connectivity index (χ0) is 13.7. The number of aromatic nitrogens is 1. The molecule has 0 atom stereocenters. The highest BCUT2D eigenvalue weighted by Gasteiger charge is 2.18. The number of pyridine rings is 1. The van der Waals surface area contributed by atoms with Crippen molar-refractivity contribution in [2.24, 2.45) is 0 Å². The van der Waals surface area contributed by atoms with Gasteiger partial charge in [-0.1, -0.05) is 6.92 Å². The van der Waals surface area contributed by atoms with E-state index in [-0.39, 0.29) is 5.09 Å². The molecule has 2 aromatic rings. The van der Waals surface area contributed by atoms with Gasteiger partial charge in [0, 0.05) is 12.4 Å². The molecule has 0 aliphatic carbocycles. The number of nitrogens with zero attached hydrogens (tertiary/aromatic N) is 1. The number of hydrogen-bond donors (Lipinski definition) is 2. The summed E-state index contributed by atoms with van der Waals surface area (Å²) in [7, 11) is -3.69. The van der Waals surface area contributed by atoms with Gasteiger partial charge >= 0.3 is 0 Å². The zero-order valence-electron chi connectivity index (χ0n) is 10.5. The van der Waals surface area contributed by atoms with Gasteiger partial charge in [0.25, 0.3) is 10.0 Å². The largest absolute Gasteiger partial charge is 0.446 e. The summed E-state index contributed by atoms with van der Waals surface area (Å²) in [5.41, 5.74) is 0.444. The molecule has 0 aromatic carbocycles. The van der Waals surface area contributed by atoms with Gasteiger partial charge in [0.05, 0.1) is 12.2 Å². The highest BCUT2D eigenvalue weighted by atomic mass is 32.2. The van der Waals surface area contributed by atoms with Crippen LogP contribution in [0.15, 0.2) is 46.2 Å². The number of sulfonamides is 1. The van der Waals surface area contributed by atoms with Gasteiger partial charge in [-0.15, -0.1) is 0 Å². The molecule has 0 aliphatic heterocycles. The molecule has 0 fully saturated rings. The summed E-state index contributed by atoms with van der Waals surface area (Å²) in [5.74, 6) is 0.581. The van der Waals surface area contributed by atoms with Crippen LogP contribution in [0.25, 0.3) is 0 Å². The molecule has 2 N–H and O–H groups in total. The van der Waals surface area contributed by atoms with Gasteiger partial charge in [-0.2, -0.15) is 8.42 Å². The predicted molar refractivity (Wildman–Crippen MR) is 71.1 cm³/mol. The highest BCUT2D eigenvalue weighted by Crippen LogP contribution is 2.17. The molecular weight excluding hydrogens is 266 g/mol. The van der Waals surface area contributed by atoms with Crippen LogP contribution < -0.4 is 10.0 Å². The number of rotatable bonds is 6. The number of furan rings is 1. The lowest BCUT2D eigenvalue weighted by atomic mass is 10.4. The quantitative estimate of drug-likeness (QED) is 0.840. The van der Waals surface area contributed by atoms with Crippen LogP contribution in [-0.2, 0) is 16.6 Å². The molecule has 0 bridgehead atoms. The van der Waals surface area contributed by atoms with Gasteiger partial charge in [0.1, 0.15) is 5.76 Å². The van der Waals surface area contributed by atoms with E-state index in [0.717, 1.165) is 6.54 Å². The van der Waals surface area contributed by atoms with Crippen LogP contribution >= 0.6 is 0 Å². The molecule has 0 aliphatic rings. The SMILES string of the molecule is CCNCc1ccc(S(=O)(=O)Nc2ccncc2)o1. The summed E-state index contributed by atoms with van der Waals surface area (Å²) in [5, 5.41) is 2.96. The molecule has 0 amide bonds. The molecule has 0 saturated carbocycles. The van der Waals surface area contributed by atoms with Crippen molar-refractivity contribution in [1.29, 1.82) is 0 Å². The Morgan fingerprint density at radius 1 is 1.21 bits per heavy atom. The molecule has 0 saturated heterocycles. The Bertz CT molecular complexity index is 623. The summed E-state index contributed by atoms with van der Waals surface area (Å²) in [6.45, 7) is 3.25. The predicted octanol–water partition coefficient (Wildman–Crippen LogP) is 1.58. The van der Waals surface area contributed by atoms with E-state index in [0.29, 0.717) is 18.0 Å². The van der Waals surface area contributed by atoms with E-state index >= 15 is 0 Å². The van der Waals surface area contributed by atoms with Crippen molar-refractivity contribution >= 4 is 15.7 Å². The van der Waals surface area contributed by atoms with E-state index in [1.165, 1.54) is 18.5 Å². The molecule has 0 unspecified atom stereocenters. The van der Waals surface area contributed by atoms with Crippen LogP contribution in [0.2, 0.25) is 0 Å². The second-order valence-corrected chi connectivity index (χ2v) is 5.46. The van der Waals surface area contributed by atoms with Crippen molar-refractivity contribution in [3.8, 4) is 0 Å². The smallest absolute Gasteiger partial charge is 0.295 e. The average molecular weight is 281 g/mol. The minimum atomic E-state index is -3.69. The lowest BCUT2D eigenvalue weighted by Crippen LogP contribution is -2.13. The molecular formula is C12H15N3O3S. The first-order valence-electron chi connectivity index (χ1n) is 5.84. The Labute approximate surface area is 111 Å². The van der Waals surface area contributed by atoms with Crippen LogP contribution in [0.3, 0.4) is 0 Å². The fraction of sp³-hybridized carbons (Fsp3) is 0.250. The standard InChI is InChI=1S/C12H15N3O3S/c1-2-13-9-11-3-4-12(18-11)19(16,17)15-10-5-7-14-8-6-10/h3-8,13H,2,9H2,1H3,(H,14,15). The molecule has 0 spiro atoms. The Morgan fingerprint density at radius 2 is 1.95 bits per heavy atom. The van der Waals surface area contributed by atoms with E-state index in [1.54, 1.807) is 18.2 Å². The van der Waals surface area contributed by atoms with Crippen LogP contribution in [0, 0.1) is 0 Å². The summed E-state index contributed by atoms with van der Waals surface area (Å²) < 4.78 is 31.8. The van der Waals surface area contributed by atoms with Crippen molar-refractivity contribution in [2.75, 3.05) is 11.3 Å². The van der Waals surface area contributed by atoms with Crippen LogP contribution in [0.4, 0.5) is 5.69 Å². The topological polar surface area (TPSA) is 84.2 Å². The van der Waals surface area contributed by atoms with Crippen LogP contribution in [-0.4, -0.2) is 19.9 Å². The first-order chi connectivity index (χ1) is 9.12. The Balaban J connectivity index is 2.13. The fourth-order valence-electron chi connectivity index (χ4n) is 1.47. The summed E-state index contributed by atoms with van der Waals surface area (Å²) >= 11 is 0. The maximum Gasteiger partial charge on any atom is 0.295 e. The third-order valence-corrected chi connectivity index (χ3v) is 3.64. The van der Waals surface area contributed by atoms with Crippen LogP contribution in [0.1, 0.15) is 12.7 Å². The van der Waals surface area contributed by atoms with E-state index in [4.69, 9.17) is 4.42 Å². The third kappa shape index (κ3) is 3.55. The molecule has 0 radical (unpaired) electrons. The van der Waals surface area contributed by atoms with E-state index in [9.17, 15) is 8.42 Å². The number of hydrogen-bond acceptors (Lipinski definition) is 5. The summed E-state index contributed by atoms with van der Waals surface area (Å²) in [6, 6.07) is 6.22. The normalized spacial score (nSPS) is 11.4. The molecule has 7 heteroatoms. The van der Waals surface area contributed by atoms with Crippen molar-refractivity contribution in [1.82, 2.24) is 10.3 Å². The van der Waals surface area contributed by atoms with E-state index < -0.39 is 10.0 Å². The van der Waals surface area contributed by atoms with Crippen molar-refractivity contribution in [2.45, 2.75) is 18.6 Å². The Morgan fingerprint density at radius 3 is 2.63 bits per heavy atom. The highest BCUT2D eigenvalue weighted by molar-refractivity contribution is 7.92. The average Bonchev–Trinajstić information content (AvgIpc) is 2.86. The van der Waals surface area contributed by atoms with Crippen molar-refractivity contribution in [3.05, 3.63) is 42.4 Å². The third-order valence-electron chi connectivity index (χ3n) is 2.38. The van der Waals surface area contributed by atoms with Crippen LogP contribution in [0.5, 0.6) is 0 Å². The maximum atomic E-state index is 12.0. The fourth-order valence-corrected chi connectivity index (χ4v) is 2.48. The van der Waals surface area contributed by atoms with Gasteiger partial charge in [0.2, 0.25) is 5.09 Å². The Kier molecular flexibility index (Phi) is 4.18. The molecule has 19 heavy (non-hydrogen) atoms. The molecule has 2 aromatic heterocycles. The number of nitrogens with one attached hydrogen (secondary N) is 2. The molecule has 2 rings (SSSR count). The number of anilines is 1. The van der Waals surface area contributed by atoms with Gasteiger partial charge in [-0.3, -0.25) is 9.71 Å². The summed E-state index contributed by atoms with van der Waals surface area (Å²) in [6.07, 6.45) is 3.02. The molecule has 6 nitrogen and oxygen atoms in total. The van der Waals surface area contributed by atoms with E-state index in [1.807, 2.05) is 6.92 Å². The second kappa shape index (κ2) is 5.85. The minimum Gasteiger partial charge on any atom is -0.446 e. The summed E-state index contributed by atoms with van der Waals surface area (Å²) in [4.78, 5) is 3.82. The van der Waals surface area contributed by atoms with Gasteiger partial charge in [-0.25, -0.2) is 0 Å². The van der Waals surface area contributed by atoms with Gasteiger partial charge < -0.3 is 9.73 Å². The lowest BCUT2D eigenvalue weighted by Gasteiger charge is -2.04. The first-order valence-corrected chi connectivity index (χ1v) is 7.32. The second-order valence-electron chi connectivity index (χ2n) is 3.84. The van der Waals surface area contributed by atoms with Gasteiger partial charge in [0.15, 0.2) is 0 Å². The molecule has 2 heterocycles. The maximum absolute atomic E-state index is 12.0. The van der Waals surface area contributed by atoms with Crippen molar-refractivity contribution < 1.29 is 12.8 Å². The van der Waals surface area contributed by atoms with E-state index in [2.05, 4.69) is 15.0 Å². The molecule has 102 valence electrons. The van der Waals surface area contributed by atoms with Crippen molar-refractivity contribution in [3.63, 3.8) is 0 Å². The van der Waals surface area contributed by atoms with Gasteiger partial charge in [-0.05, 0) is 30.8 Å².